The zero-order valence-corrected chi connectivity index (χ0v) is 15.7. The van der Waals surface area contributed by atoms with Crippen LogP contribution in [0.3, 0.4) is 0 Å². The molecule has 7 nitrogen and oxygen atoms in total. The van der Waals surface area contributed by atoms with Crippen LogP contribution in [0.5, 0.6) is 0 Å². The van der Waals surface area contributed by atoms with Crippen molar-refractivity contribution < 1.29 is 19.1 Å². The van der Waals surface area contributed by atoms with Crippen molar-refractivity contribution in [3.63, 3.8) is 0 Å². The third-order valence-electron chi connectivity index (χ3n) is 4.23. The maximum absolute atomic E-state index is 12.4. The van der Waals surface area contributed by atoms with Crippen molar-refractivity contribution in [3.8, 4) is 0 Å². The molecule has 138 valence electrons. The predicted octanol–water partition coefficient (Wildman–Crippen LogP) is 1.62. The molecule has 1 aliphatic heterocycles. The van der Waals surface area contributed by atoms with E-state index in [1.165, 1.54) is 11.3 Å². The number of hydrogen-bond acceptors (Lipinski definition) is 5. The Balaban J connectivity index is 1.94. The van der Waals surface area contributed by atoms with E-state index in [2.05, 4.69) is 4.99 Å². The van der Waals surface area contributed by atoms with Gasteiger partial charge >= 0.3 is 0 Å². The van der Waals surface area contributed by atoms with Gasteiger partial charge in [0.15, 0.2) is 4.80 Å². The molecule has 0 spiro atoms. The van der Waals surface area contributed by atoms with E-state index < -0.39 is 5.91 Å². The lowest BCUT2D eigenvalue weighted by atomic mass is 10.2. The second-order valence-electron chi connectivity index (χ2n) is 6.03. The molecule has 0 atom stereocenters. The van der Waals surface area contributed by atoms with Gasteiger partial charge in [0.1, 0.15) is 6.54 Å². The lowest BCUT2D eigenvalue weighted by molar-refractivity contribution is -0.141. The van der Waals surface area contributed by atoms with E-state index in [-0.39, 0.29) is 31.2 Å². The molecule has 3 amide bonds. The minimum atomic E-state index is -0.497. The van der Waals surface area contributed by atoms with Gasteiger partial charge in [-0.15, -0.1) is 0 Å². The van der Waals surface area contributed by atoms with Crippen LogP contribution in [0.25, 0.3) is 10.2 Å². The van der Waals surface area contributed by atoms with E-state index >= 15 is 0 Å². The fraction of sp³-hybridized carbons (Fsp3) is 0.444. The van der Waals surface area contributed by atoms with E-state index in [1.54, 1.807) is 0 Å². The second kappa shape index (κ2) is 7.92. The molecule has 1 saturated heterocycles. The number of carbonyl (C=O) groups excluding carboxylic acids is 3. The highest BCUT2D eigenvalue weighted by Gasteiger charge is 2.30. The number of rotatable bonds is 6. The first-order valence-electron chi connectivity index (χ1n) is 8.58. The summed E-state index contributed by atoms with van der Waals surface area (Å²) < 4.78 is 8.45. The molecule has 0 N–H and O–H groups in total. The molecule has 26 heavy (non-hydrogen) atoms. The quantitative estimate of drug-likeness (QED) is 0.568. The average Bonchev–Trinajstić information content (AvgIpc) is 3.11. The Morgan fingerprint density at radius 3 is 2.69 bits per heavy atom. The molecule has 1 aromatic heterocycles. The molecule has 0 aliphatic carbocycles. The van der Waals surface area contributed by atoms with Gasteiger partial charge in [-0.1, -0.05) is 23.5 Å². The van der Waals surface area contributed by atoms with Crippen molar-refractivity contribution in [2.75, 3.05) is 19.8 Å². The number of nitrogens with zero attached hydrogens (tertiary/aromatic N) is 3. The zero-order valence-electron chi connectivity index (χ0n) is 14.9. The number of fused-ring (bicyclic) bond motifs is 1. The summed E-state index contributed by atoms with van der Waals surface area (Å²) in [4.78, 5) is 41.5. The number of aryl methyl sites for hydroxylation is 1. The van der Waals surface area contributed by atoms with Gasteiger partial charge in [-0.05, 0) is 25.5 Å². The standard InChI is InChI=1S/C18H21N3O4S/c1-3-25-10-9-20-17-12(2)5-4-6-13(17)26-18(20)19-14(22)11-21-15(23)7-8-16(21)24/h4-6H,3,7-11H2,1-2H3. The van der Waals surface area contributed by atoms with Crippen LogP contribution in [0.15, 0.2) is 23.2 Å². The normalized spacial score (nSPS) is 15.5. The number of aromatic nitrogens is 1. The summed E-state index contributed by atoms with van der Waals surface area (Å²) in [6.07, 6.45) is 0.338. The molecule has 1 fully saturated rings. The Morgan fingerprint density at radius 1 is 1.27 bits per heavy atom. The maximum atomic E-state index is 12.4. The number of carbonyl (C=O) groups is 3. The minimum absolute atomic E-state index is 0.169. The summed E-state index contributed by atoms with van der Waals surface area (Å²) in [6, 6.07) is 5.97. The first-order chi connectivity index (χ1) is 12.5. The van der Waals surface area contributed by atoms with E-state index in [0.29, 0.717) is 24.6 Å². The Morgan fingerprint density at radius 2 is 2.00 bits per heavy atom. The van der Waals surface area contributed by atoms with Gasteiger partial charge in [0.25, 0.3) is 5.91 Å². The molecule has 8 heteroatoms. The van der Waals surface area contributed by atoms with Crippen LogP contribution < -0.4 is 4.80 Å². The number of hydrogen-bond donors (Lipinski definition) is 0. The van der Waals surface area contributed by atoms with Crippen LogP contribution in [0.1, 0.15) is 25.3 Å². The topological polar surface area (TPSA) is 81.0 Å². The van der Waals surface area contributed by atoms with Gasteiger partial charge in [-0.2, -0.15) is 4.99 Å². The molecule has 0 bridgehead atoms. The third-order valence-corrected chi connectivity index (χ3v) is 5.28. The van der Waals surface area contributed by atoms with Gasteiger partial charge in [0.05, 0.1) is 16.8 Å². The Hall–Kier alpha value is -2.32. The van der Waals surface area contributed by atoms with Crippen molar-refractivity contribution in [1.82, 2.24) is 9.47 Å². The van der Waals surface area contributed by atoms with Crippen LogP contribution in [0.4, 0.5) is 0 Å². The minimum Gasteiger partial charge on any atom is -0.380 e. The van der Waals surface area contributed by atoms with Crippen LogP contribution in [0, 0.1) is 6.92 Å². The smallest absolute Gasteiger partial charge is 0.268 e. The van der Waals surface area contributed by atoms with Crippen molar-refractivity contribution in [3.05, 3.63) is 28.6 Å². The fourth-order valence-electron chi connectivity index (χ4n) is 2.98. The molecule has 0 saturated carbocycles. The van der Waals surface area contributed by atoms with E-state index in [0.717, 1.165) is 20.7 Å². The van der Waals surface area contributed by atoms with Crippen LogP contribution in [0.2, 0.25) is 0 Å². The highest BCUT2D eigenvalue weighted by atomic mass is 32.1. The highest BCUT2D eigenvalue weighted by Crippen LogP contribution is 2.21. The summed E-state index contributed by atoms with van der Waals surface area (Å²) in [7, 11) is 0. The summed E-state index contributed by atoms with van der Waals surface area (Å²) >= 11 is 1.42. The van der Waals surface area contributed by atoms with E-state index in [9.17, 15) is 14.4 Å². The van der Waals surface area contributed by atoms with Gasteiger partial charge < -0.3 is 9.30 Å². The number of likely N-dealkylation sites (tertiary alicyclic amines) is 1. The van der Waals surface area contributed by atoms with Crippen LogP contribution in [-0.4, -0.2) is 46.9 Å². The van der Waals surface area contributed by atoms with Crippen molar-refractivity contribution in [2.24, 2.45) is 4.99 Å². The van der Waals surface area contributed by atoms with Gasteiger partial charge in [0, 0.05) is 26.0 Å². The molecule has 0 unspecified atom stereocenters. The number of thiazole rings is 1. The lowest BCUT2D eigenvalue weighted by Crippen LogP contribution is -2.34. The molecule has 1 aromatic carbocycles. The fourth-order valence-corrected chi connectivity index (χ4v) is 4.13. The Kier molecular flexibility index (Phi) is 5.63. The molecule has 1 aliphatic rings. The molecule has 2 heterocycles. The molecule has 0 radical (unpaired) electrons. The van der Waals surface area contributed by atoms with Crippen LogP contribution >= 0.6 is 11.3 Å². The molecule has 2 aromatic rings. The number of imide groups is 1. The van der Waals surface area contributed by atoms with Crippen LogP contribution in [-0.2, 0) is 25.7 Å². The predicted molar refractivity (Wildman–Crippen MR) is 97.6 cm³/mol. The molecular weight excluding hydrogens is 354 g/mol. The van der Waals surface area contributed by atoms with Gasteiger partial charge in [-0.3, -0.25) is 19.3 Å². The SMILES string of the molecule is CCOCCn1c(=NC(=O)CN2C(=O)CCC2=O)sc2cccc(C)c21. The summed E-state index contributed by atoms with van der Waals surface area (Å²) in [5, 5.41) is 0. The largest absolute Gasteiger partial charge is 0.380 e. The Bertz CT molecular complexity index is 912. The van der Waals surface area contributed by atoms with E-state index in [1.807, 2.05) is 36.6 Å². The lowest BCUT2D eigenvalue weighted by Gasteiger charge is -2.10. The van der Waals surface area contributed by atoms with E-state index in [4.69, 9.17) is 4.74 Å². The number of benzene rings is 1. The Labute approximate surface area is 154 Å². The van der Waals surface area contributed by atoms with Crippen molar-refractivity contribution >= 4 is 39.3 Å². The maximum Gasteiger partial charge on any atom is 0.268 e. The number of ether oxygens (including phenoxy) is 1. The number of para-hydroxylation sites is 1. The summed E-state index contributed by atoms with van der Waals surface area (Å²) in [5.74, 6) is -1.12. The summed E-state index contributed by atoms with van der Waals surface area (Å²) in [5.41, 5.74) is 2.12. The molecular formula is C18H21N3O4S. The zero-order chi connectivity index (χ0) is 18.7. The molecule has 3 rings (SSSR count). The first-order valence-corrected chi connectivity index (χ1v) is 9.40. The monoisotopic (exact) mass is 375 g/mol. The second-order valence-corrected chi connectivity index (χ2v) is 7.04. The summed E-state index contributed by atoms with van der Waals surface area (Å²) in [6.45, 7) is 5.36. The highest BCUT2D eigenvalue weighted by molar-refractivity contribution is 7.16. The first kappa shape index (κ1) is 18.5. The van der Waals surface area contributed by atoms with Gasteiger partial charge in [0.2, 0.25) is 11.8 Å². The van der Waals surface area contributed by atoms with Gasteiger partial charge in [-0.25, -0.2) is 0 Å². The third kappa shape index (κ3) is 3.76. The number of amides is 3. The van der Waals surface area contributed by atoms with Crippen molar-refractivity contribution in [1.29, 1.82) is 0 Å². The average molecular weight is 375 g/mol. The van der Waals surface area contributed by atoms with Crippen molar-refractivity contribution in [2.45, 2.75) is 33.2 Å².